The number of H-pyrrole nitrogens is 2. The van der Waals surface area contributed by atoms with E-state index in [0.717, 1.165) is 22.3 Å². The Morgan fingerprint density at radius 1 is 0.933 bits per heavy atom. The van der Waals surface area contributed by atoms with Crippen LogP contribution in [0.25, 0.3) is 11.0 Å². The van der Waals surface area contributed by atoms with Gasteiger partial charge in [-0.2, -0.15) is 0 Å². The fourth-order valence-electron chi connectivity index (χ4n) is 3.24. The minimum atomic E-state index is -0.306. The van der Waals surface area contributed by atoms with Crippen molar-refractivity contribution in [2.24, 2.45) is 0 Å². The topological polar surface area (TPSA) is 79.1 Å². The maximum atomic E-state index is 14.0. The second-order valence-electron chi connectivity index (χ2n) is 6.75. The van der Waals surface area contributed by atoms with Gasteiger partial charge in [0.15, 0.2) is 11.5 Å². The van der Waals surface area contributed by atoms with E-state index in [1.807, 2.05) is 43.3 Å². The Kier molecular flexibility index (Phi) is 5.70. The van der Waals surface area contributed by atoms with Gasteiger partial charge in [-0.15, -0.1) is 0 Å². The lowest BCUT2D eigenvalue weighted by molar-refractivity contribution is 0.263. The van der Waals surface area contributed by atoms with Crippen molar-refractivity contribution in [2.75, 3.05) is 11.9 Å². The van der Waals surface area contributed by atoms with E-state index in [2.05, 4.69) is 15.3 Å². The minimum absolute atomic E-state index is 0.0975. The monoisotopic (exact) mass is 407 g/mol. The van der Waals surface area contributed by atoms with Crippen LogP contribution in [0.4, 0.5) is 10.1 Å². The molecule has 0 fully saturated rings. The Balaban J connectivity index is 1.55. The van der Waals surface area contributed by atoms with Crippen LogP contribution < -0.4 is 20.5 Å². The van der Waals surface area contributed by atoms with Crippen molar-refractivity contribution in [2.45, 2.75) is 20.1 Å². The molecule has 30 heavy (non-hydrogen) atoms. The van der Waals surface area contributed by atoms with Crippen molar-refractivity contribution >= 4 is 16.7 Å². The highest BCUT2D eigenvalue weighted by Gasteiger charge is 2.13. The lowest BCUT2D eigenvalue weighted by Crippen LogP contribution is -2.07. The number of halogens is 1. The summed E-state index contributed by atoms with van der Waals surface area (Å²) in [5, 5.41) is 3.34. The molecule has 0 aliphatic carbocycles. The summed E-state index contributed by atoms with van der Waals surface area (Å²) in [4.78, 5) is 16.9. The number of aromatic amines is 2. The molecule has 0 radical (unpaired) electrons. The van der Waals surface area contributed by atoms with Gasteiger partial charge in [-0.1, -0.05) is 30.3 Å². The Morgan fingerprint density at radius 3 is 2.57 bits per heavy atom. The summed E-state index contributed by atoms with van der Waals surface area (Å²) in [6.07, 6.45) is 0. The zero-order valence-corrected chi connectivity index (χ0v) is 16.5. The second kappa shape index (κ2) is 8.73. The molecule has 4 rings (SSSR count). The summed E-state index contributed by atoms with van der Waals surface area (Å²) in [5.41, 5.74) is 3.43. The summed E-state index contributed by atoms with van der Waals surface area (Å²) in [7, 11) is 0. The van der Waals surface area contributed by atoms with E-state index < -0.39 is 0 Å². The van der Waals surface area contributed by atoms with E-state index in [9.17, 15) is 9.18 Å². The zero-order valence-electron chi connectivity index (χ0n) is 16.5. The Labute approximate surface area is 172 Å². The Morgan fingerprint density at radius 2 is 1.73 bits per heavy atom. The molecule has 7 heteroatoms. The van der Waals surface area contributed by atoms with Crippen LogP contribution in [0.3, 0.4) is 0 Å². The molecule has 0 saturated carbocycles. The first-order valence-electron chi connectivity index (χ1n) is 9.71. The second-order valence-corrected chi connectivity index (χ2v) is 6.75. The quantitative estimate of drug-likeness (QED) is 0.399. The van der Waals surface area contributed by atoms with Crippen molar-refractivity contribution in [3.8, 4) is 11.5 Å². The third-order valence-corrected chi connectivity index (χ3v) is 4.69. The number of hydrogen-bond acceptors (Lipinski definition) is 4. The first-order chi connectivity index (χ1) is 14.6. The van der Waals surface area contributed by atoms with E-state index in [0.29, 0.717) is 30.2 Å². The minimum Gasteiger partial charge on any atom is -0.490 e. The van der Waals surface area contributed by atoms with Crippen LogP contribution >= 0.6 is 0 Å². The maximum absolute atomic E-state index is 14.0. The number of imidazole rings is 1. The normalized spacial score (nSPS) is 10.9. The number of ether oxygens (including phenoxy) is 2. The summed E-state index contributed by atoms with van der Waals surface area (Å²) < 4.78 is 25.7. The predicted octanol–water partition coefficient (Wildman–Crippen LogP) is 4.59. The number of anilines is 1. The molecule has 1 aromatic heterocycles. The SMILES string of the molecule is CCOc1cccc(CNc2ccc3[nH]c(=O)[nH]c3c2)c1OCc1ccccc1F. The molecule has 0 saturated heterocycles. The van der Waals surface area contributed by atoms with Gasteiger partial charge in [-0.25, -0.2) is 9.18 Å². The molecule has 0 unspecified atom stereocenters. The molecule has 3 aromatic carbocycles. The number of aromatic nitrogens is 2. The predicted molar refractivity (Wildman–Crippen MR) is 115 cm³/mol. The highest BCUT2D eigenvalue weighted by Crippen LogP contribution is 2.33. The molecule has 0 bridgehead atoms. The summed E-state index contributed by atoms with van der Waals surface area (Å²) in [6.45, 7) is 2.96. The van der Waals surface area contributed by atoms with E-state index in [4.69, 9.17) is 9.47 Å². The van der Waals surface area contributed by atoms with Crippen molar-refractivity contribution in [1.29, 1.82) is 0 Å². The molecule has 3 N–H and O–H groups in total. The molecule has 0 aliphatic heterocycles. The average Bonchev–Trinajstić information content (AvgIpc) is 3.12. The highest BCUT2D eigenvalue weighted by atomic mass is 19.1. The van der Waals surface area contributed by atoms with Gasteiger partial charge in [0.1, 0.15) is 12.4 Å². The van der Waals surface area contributed by atoms with Gasteiger partial charge < -0.3 is 24.8 Å². The molecule has 4 aromatic rings. The largest absolute Gasteiger partial charge is 0.490 e. The van der Waals surface area contributed by atoms with Crippen LogP contribution in [0.2, 0.25) is 0 Å². The molecule has 0 spiro atoms. The first kappa shape index (κ1) is 19.6. The van der Waals surface area contributed by atoms with E-state index in [1.54, 1.807) is 18.2 Å². The smallest absolute Gasteiger partial charge is 0.323 e. The molecule has 0 amide bonds. The Hall–Kier alpha value is -3.74. The highest BCUT2D eigenvalue weighted by molar-refractivity contribution is 5.78. The van der Waals surface area contributed by atoms with E-state index in [-0.39, 0.29) is 18.1 Å². The van der Waals surface area contributed by atoms with Crippen LogP contribution in [0.15, 0.2) is 65.5 Å². The third-order valence-electron chi connectivity index (χ3n) is 4.69. The van der Waals surface area contributed by atoms with Gasteiger partial charge >= 0.3 is 5.69 Å². The van der Waals surface area contributed by atoms with Gasteiger partial charge in [0, 0.05) is 23.4 Å². The van der Waals surface area contributed by atoms with Crippen LogP contribution in [0.5, 0.6) is 11.5 Å². The van der Waals surface area contributed by atoms with Gasteiger partial charge in [0.05, 0.1) is 17.6 Å². The molecule has 154 valence electrons. The van der Waals surface area contributed by atoms with Gasteiger partial charge in [-0.05, 0) is 37.3 Å². The van der Waals surface area contributed by atoms with Gasteiger partial charge in [-0.3, -0.25) is 0 Å². The standard InChI is InChI=1S/C23H22FN3O3/c1-2-29-21-9-5-7-15(22(21)30-14-16-6-3-4-8-18(16)24)13-25-17-10-11-19-20(12-17)27-23(28)26-19/h3-12,25H,2,13-14H2,1H3,(H2,26,27,28). The number of hydrogen-bond donors (Lipinski definition) is 3. The summed E-state index contributed by atoms with van der Waals surface area (Å²) >= 11 is 0. The van der Waals surface area contributed by atoms with Gasteiger partial charge in [0.2, 0.25) is 0 Å². The summed E-state index contributed by atoms with van der Waals surface area (Å²) in [6, 6.07) is 17.8. The molecule has 6 nitrogen and oxygen atoms in total. The fraction of sp³-hybridized carbons (Fsp3) is 0.174. The van der Waals surface area contributed by atoms with Crippen molar-refractivity contribution < 1.29 is 13.9 Å². The van der Waals surface area contributed by atoms with Crippen LogP contribution in [0, 0.1) is 5.82 Å². The fourth-order valence-corrected chi connectivity index (χ4v) is 3.24. The molecule has 1 heterocycles. The molecule has 0 atom stereocenters. The molecular formula is C23H22FN3O3. The van der Waals surface area contributed by atoms with Crippen molar-refractivity contribution in [3.05, 3.63) is 88.1 Å². The van der Waals surface area contributed by atoms with Crippen molar-refractivity contribution in [3.63, 3.8) is 0 Å². The van der Waals surface area contributed by atoms with Crippen molar-refractivity contribution in [1.82, 2.24) is 9.97 Å². The van der Waals surface area contributed by atoms with Crippen LogP contribution in [-0.4, -0.2) is 16.6 Å². The van der Waals surface area contributed by atoms with E-state index in [1.165, 1.54) is 6.07 Å². The zero-order chi connectivity index (χ0) is 20.9. The summed E-state index contributed by atoms with van der Waals surface area (Å²) in [5.74, 6) is 0.879. The number of rotatable bonds is 8. The number of fused-ring (bicyclic) bond motifs is 1. The number of para-hydroxylation sites is 1. The number of benzene rings is 3. The Bertz CT molecular complexity index is 1220. The van der Waals surface area contributed by atoms with Crippen LogP contribution in [0.1, 0.15) is 18.1 Å². The molecular weight excluding hydrogens is 385 g/mol. The van der Waals surface area contributed by atoms with E-state index >= 15 is 0 Å². The van der Waals surface area contributed by atoms with Crippen LogP contribution in [-0.2, 0) is 13.2 Å². The third kappa shape index (κ3) is 4.30. The maximum Gasteiger partial charge on any atom is 0.323 e. The first-order valence-corrected chi connectivity index (χ1v) is 9.71. The number of nitrogens with one attached hydrogen (secondary N) is 3. The lowest BCUT2D eigenvalue weighted by Gasteiger charge is -2.17. The van der Waals surface area contributed by atoms with Gasteiger partial charge in [0.25, 0.3) is 0 Å². The molecule has 0 aliphatic rings. The average molecular weight is 407 g/mol. The lowest BCUT2D eigenvalue weighted by atomic mass is 10.1.